The van der Waals surface area contributed by atoms with Crippen molar-refractivity contribution in [2.45, 2.75) is 32.3 Å². The van der Waals surface area contributed by atoms with Gasteiger partial charge < -0.3 is 15.1 Å². The van der Waals surface area contributed by atoms with Gasteiger partial charge in [0.2, 0.25) is 12.0 Å². The monoisotopic (exact) mass is 381 g/mol. The number of carbonyl (C=O) groups excluding carboxylic acids is 2. The van der Waals surface area contributed by atoms with Crippen molar-refractivity contribution in [2.24, 2.45) is 5.16 Å². The van der Waals surface area contributed by atoms with Crippen molar-refractivity contribution < 1.29 is 18.8 Å². The van der Waals surface area contributed by atoms with Gasteiger partial charge in [0.25, 0.3) is 5.91 Å². The van der Waals surface area contributed by atoms with E-state index in [1.54, 1.807) is 23.1 Å². The van der Waals surface area contributed by atoms with Crippen LogP contribution in [0.2, 0.25) is 0 Å². The van der Waals surface area contributed by atoms with E-state index in [4.69, 9.17) is 4.84 Å². The molecule has 1 unspecified atom stereocenters. The Morgan fingerprint density at radius 2 is 2.14 bits per heavy atom. The Balaban J connectivity index is 1.40. The van der Waals surface area contributed by atoms with Gasteiger partial charge >= 0.3 is 0 Å². The molecule has 1 atom stereocenters. The van der Waals surface area contributed by atoms with E-state index in [1.165, 1.54) is 12.1 Å². The minimum absolute atomic E-state index is 0.126. The number of carbonyl (C=O) groups is 2. The molecule has 144 valence electrons. The first kappa shape index (κ1) is 18.2. The molecule has 4 rings (SSSR count). The predicted octanol–water partition coefficient (Wildman–Crippen LogP) is 3.39. The molecule has 6 nitrogen and oxygen atoms in total. The van der Waals surface area contributed by atoms with Crippen molar-refractivity contribution >= 4 is 28.9 Å². The smallest absolute Gasteiger partial charge is 0.268 e. The quantitative estimate of drug-likeness (QED) is 0.882. The van der Waals surface area contributed by atoms with Gasteiger partial charge in [-0.1, -0.05) is 17.3 Å². The predicted molar refractivity (Wildman–Crippen MR) is 104 cm³/mol. The number of oxime groups is 1. The summed E-state index contributed by atoms with van der Waals surface area (Å²) in [7, 11) is 0. The molecule has 2 aliphatic rings. The molecular formula is C21H20FN3O3. The summed E-state index contributed by atoms with van der Waals surface area (Å²) in [4.78, 5) is 31.5. The molecule has 0 aliphatic carbocycles. The molecule has 0 aromatic heterocycles. The summed E-state index contributed by atoms with van der Waals surface area (Å²) in [5.41, 5.74) is 3.55. The molecule has 2 aromatic carbocycles. The Bertz CT molecular complexity index is 973. The summed E-state index contributed by atoms with van der Waals surface area (Å²) in [5, 5.41) is 6.75. The first-order valence-corrected chi connectivity index (χ1v) is 9.22. The highest BCUT2D eigenvalue weighted by Crippen LogP contribution is 2.28. The molecule has 2 amide bonds. The molecule has 1 saturated heterocycles. The highest BCUT2D eigenvalue weighted by molar-refractivity contribution is 6.06. The number of aryl methyl sites for hydroxylation is 1. The van der Waals surface area contributed by atoms with E-state index in [2.05, 4.69) is 10.5 Å². The number of amides is 2. The number of nitrogens with zero attached hydrogens (tertiary/aromatic N) is 2. The van der Waals surface area contributed by atoms with Crippen LogP contribution in [-0.4, -0.2) is 30.2 Å². The van der Waals surface area contributed by atoms with Gasteiger partial charge in [-0.05, 0) is 49.2 Å². The molecule has 0 radical (unpaired) electrons. The molecule has 0 spiro atoms. The van der Waals surface area contributed by atoms with Crippen LogP contribution in [-0.2, 0) is 14.4 Å². The SMILES string of the molecule is Cc1cc(NC(=O)C2CC(c3cccc(F)c3)=NO2)ccc1N1CCCC1=O. The Morgan fingerprint density at radius 1 is 1.29 bits per heavy atom. The van der Waals surface area contributed by atoms with Crippen molar-refractivity contribution in [1.29, 1.82) is 0 Å². The highest BCUT2D eigenvalue weighted by Gasteiger charge is 2.29. The van der Waals surface area contributed by atoms with Gasteiger partial charge in [0, 0.05) is 36.3 Å². The van der Waals surface area contributed by atoms with Gasteiger partial charge in [-0.15, -0.1) is 0 Å². The maximum atomic E-state index is 13.4. The lowest BCUT2D eigenvalue weighted by atomic mass is 10.0. The summed E-state index contributed by atoms with van der Waals surface area (Å²) in [6.07, 6.45) is 0.946. The molecule has 28 heavy (non-hydrogen) atoms. The number of nitrogens with one attached hydrogen (secondary N) is 1. The van der Waals surface area contributed by atoms with Crippen molar-refractivity contribution in [1.82, 2.24) is 0 Å². The van der Waals surface area contributed by atoms with Gasteiger partial charge in [0.05, 0.1) is 5.71 Å². The summed E-state index contributed by atoms with van der Waals surface area (Å²) < 4.78 is 13.4. The van der Waals surface area contributed by atoms with Crippen LogP contribution in [0.3, 0.4) is 0 Å². The van der Waals surface area contributed by atoms with Crippen molar-refractivity contribution in [3.8, 4) is 0 Å². The Labute approximate surface area is 162 Å². The van der Waals surface area contributed by atoms with Crippen LogP contribution in [0, 0.1) is 12.7 Å². The number of hydrogen-bond donors (Lipinski definition) is 1. The minimum atomic E-state index is -0.765. The van der Waals surface area contributed by atoms with E-state index < -0.39 is 6.10 Å². The lowest BCUT2D eigenvalue weighted by molar-refractivity contribution is -0.125. The van der Waals surface area contributed by atoms with Gasteiger partial charge in [-0.2, -0.15) is 0 Å². The first-order valence-electron chi connectivity index (χ1n) is 9.22. The average Bonchev–Trinajstić information content (AvgIpc) is 3.31. The van der Waals surface area contributed by atoms with Crippen LogP contribution in [0.5, 0.6) is 0 Å². The van der Waals surface area contributed by atoms with Crippen molar-refractivity contribution in [2.75, 3.05) is 16.8 Å². The fraction of sp³-hybridized carbons (Fsp3) is 0.286. The maximum Gasteiger partial charge on any atom is 0.268 e. The molecule has 1 fully saturated rings. The number of halogens is 1. The second-order valence-corrected chi connectivity index (χ2v) is 6.99. The number of hydrogen-bond acceptors (Lipinski definition) is 4. The second kappa shape index (κ2) is 7.42. The van der Waals surface area contributed by atoms with E-state index in [9.17, 15) is 14.0 Å². The summed E-state index contributed by atoms with van der Waals surface area (Å²) in [5.74, 6) is -0.555. The molecule has 7 heteroatoms. The zero-order valence-corrected chi connectivity index (χ0v) is 15.4. The second-order valence-electron chi connectivity index (χ2n) is 6.99. The van der Waals surface area contributed by atoms with Gasteiger partial charge in [0.15, 0.2) is 0 Å². The number of rotatable bonds is 4. The van der Waals surface area contributed by atoms with Crippen LogP contribution in [0.4, 0.5) is 15.8 Å². The van der Waals surface area contributed by atoms with E-state index in [0.29, 0.717) is 23.4 Å². The van der Waals surface area contributed by atoms with Crippen molar-refractivity contribution in [3.63, 3.8) is 0 Å². The summed E-state index contributed by atoms with van der Waals surface area (Å²) in [6.45, 7) is 2.63. The van der Waals surface area contributed by atoms with Crippen molar-refractivity contribution in [3.05, 3.63) is 59.4 Å². The zero-order chi connectivity index (χ0) is 19.7. The van der Waals surface area contributed by atoms with E-state index in [0.717, 1.165) is 24.2 Å². The third kappa shape index (κ3) is 3.60. The summed E-state index contributed by atoms with van der Waals surface area (Å²) in [6, 6.07) is 11.5. The molecule has 0 bridgehead atoms. The maximum absolute atomic E-state index is 13.4. The fourth-order valence-electron chi connectivity index (χ4n) is 3.52. The van der Waals surface area contributed by atoms with Gasteiger partial charge in [-0.25, -0.2) is 4.39 Å². The lowest BCUT2D eigenvalue weighted by Crippen LogP contribution is -2.28. The lowest BCUT2D eigenvalue weighted by Gasteiger charge is -2.19. The average molecular weight is 381 g/mol. The fourth-order valence-corrected chi connectivity index (χ4v) is 3.52. The van der Waals surface area contributed by atoms with E-state index >= 15 is 0 Å². The Morgan fingerprint density at radius 3 is 2.86 bits per heavy atom. The van der Waals surface area contributed by atoms with Gasteiger partial charge in [-0.3, -0.25) is 9.59 Å². The molecule has 2 heterocycles. The Kier molecular flexibility index (Phi) is 4.81. The third-order valence-corrected chi connectivity index (χ3v) is 4.95. The number of anilines is 2. The van der Waals surface area contributed by atoms with Gasteiger partial charge in [0.1, 0.15) is 5.82 Å². The first-order chi connectivity index (χ1) is 13.5. The van der Waals surface area contributed by atoms with Crippen LogP contribution in [0.25, 0.3) is 0 Å². The topological polar surface area (TPSA) is 71.0 Å². The zero-order valence-electron chi connectivity index (χ0n) is 15.4. The van der Waals surface area contributed by atoms with E-state index in [-0.39, 0.29) is 24.1 Å². The minimum Gasteiger partial charge on any atom is -0.382 e. The Hall–Kier alpha value is -3.22. The normalized spacial score (nSPS) is 18.8. The molecule has 2 aliphatic heterocycles. The standard InChI is InChI=1S/C21H20FN3O3/c1-13-10-16(7-8-18(13)25-9-3-6-20(25)26)23-21(27)19-12-17(24-28-19)14-4-2-5-15(22)11-14/h2,4-5,7-8,10-11,19H,3,6,9,12H2,1H3,(H,23,27). The molecule has 1 N–H and O–H groups in total. The van der Waals surface area contributed by atoms with Crippen LogP contribution >= 0.6 is 0 Å². The molecular weight excluding hydrogens is 361 g/mol. The van der Waals surface area contributed by atoms with Crippen LogP contribution in [0.15, 0.2) is 47.6 Å². The summed E-state index contributed by atoms with van der Waals surface area (Å²) >= 11 is 0. The third-order valence-electron chi connectivity index (χ3n) is 4.95. The number of benzene rings is 2. The van der Waals surface area contributed by atoms with Crippen LogP contribution < -0.4 is 10.2 Å². The molecule has 2 aromatic rings. The highest BCUT2D eigenvalue weighted by atomic mass is 19.1. The molecule has 0 saturated carbocycles. The van der Waals surface area contributed by atoms with E-state index in [1.807, 2.05) is 19.1 Å². The van der Waals surface area contributed by atoms with Crippen LogP contribution in [0.1, 0.15) is 30.4 Å². The largest absolute Gasteiger partial charge is 0.382 e.